The maximum absolute atomic E-state index is 13.8. The van der Waals surface area contributed by atoms with Crippen LogP contribution < -0.4 is 5.73 Å². The van der Waals surface area contributed by atoms with Gasteiger partial charge in [-0.3, -0.25) is 0 Å². The minimum atomic E-state index is -0.851. The molecule has 0 amide bonds. The van der Waals surface area contributed by atoms with Crippen molar-refractivity contribution >= 4 is 0 Å². The summed E-state index contributed by atoms with van der Waals surface area (Å²) in [6, 6.07) is 13.3. The Morgan fingerprint density at radius 1 is 1.00 bits per heavy atom. The van der Waals surface area contributed by atoms with Crippen molar-refractivity contribution in [3.63, 3.8) is 0 Å². The van der Waals surface area contributed by atoms with Gasteiger partial charge in [0, 0.05) is 17.5 Å². The first-order chi connectivity index (χ1) is 9.15. The van der Waals surface area contributed by atoms with Gasteiger partial charge in [-0.05, 0) is 18.1 Å². The Morgan fingerprint density at radius 3 is 2.32 bits per heavy atom. The van der Waals surface area contributed by atoms with Crippen molar-refractivity contribution in [1.29, 1.82) is 0 Å². The molecule has 2 rings (SSSR count). The number of benzene rings is 2. The second-order valence-electron chi connectivity index (χ2n) is 4.59. The Kier molecular flexibility index (Phi) is 4.27. The van der Waals surface area contributed by atoms with Crippen molar-refractivity contribution in [3.8, 4) is 0 Å². The van der Waals surface area contributed by atoms with Crippen LogP contribution in [0.2, 0.25) is 0 Å². The summed E-state index contributed by atoms with van der Waals surface area (Å²) in [5, 5.41) is 0. The summed E-state index contributed by atoms with van der Waals surface area (Å²) in [5.41, 5.74) is 7.42. The van der Waals surface area contributed by atoms with Gasteiger partial charge in [-0.15, -0.1) is 0 Å². The lowest BCUT2D eigenvalue weighted by molar-refractivity contribution is 0.464. The molecule has 0 aliphatic carbocycles. The van der Waals surface area contributed by atoms with Crippen LogP contribution in [-0.2, 0) is 0 Å². The zero-order valence-electron chi connectivity index (χ0n) is 10.8. The number of hydrogen-bond acceptors (Lipinski definition) is 1. The highest BCUT2D eigenvalue weighted by Crippen LogP contribution is 2.33. The van der Waals surface area contributed by atoms with Crippen LogP contribution in [0.25, 0.3) is 0 Å². The second-order valence-corrected chi connectivity index (χ2v) is 4.59. The molecule has 2 N–H and O–H groups in total. The SMILES string of the molecule is CCC(c1ccccc1)C(N)c1cccc(F)c1F. The highest BCUT2D eigenvalue weighted by atomic mass is 19.2. The quantitative estimate of drug-likeness (QED) is 0.878. The van der Waals surface area contributed by atoms with Crippen LogP contribution >= 0.6 is 0 Å². The molecular formula is C16H17F2N. The van der Waals surface area contributed by atoms with Gasteiger partial charge in [-0.1, -0.05) is 49.4 Å². The van der Waals surface area contributed by atoms with Gasteiger partial charge < -0.3 is 5.73 Å². The van der Waals surface area contributed by atoms with Crippen molar-refractivity contribution in [2.75, 3.05) is 0 Å². The van der Waals surface area contributed by atoms with Crippen molar-refractivity contribution in [1.82, 2.24) is 0 Å². The molecular weight excluding hydrogens is 244 g/mol. The normalized spacial score (nSPS) is 14.1. The molecule has 100 valence electrons. The zero-order chi connectivity index (χ0) is 13.8. The average molecular weight is 261 g/mol. The second kappa shape index (κ2) is 5.93. The number of nitrogens with two attached hydrogens (primary N) is 1. The van der Waals surface area contributed by atoms with Gasteiger partial charge in [0.25, 0.3) is 0 Å². The summed E-state index contributed by atoms with van der Waals surface area (Å²) in [7, 11) is 0. The number of rotatable bonds is 4. The topological polar surface area (TPSA) is 26.0 Å². The lowest BCUT2D eigenvalue weighted by Gasteiger charge is -2.24. The fourth-order valence-corrected chi connectivity index (χ4v) is 2.39. The molecule has 0 spiro atoms. The summed E-state index contributed by atoms with van der Waals surface area (Å²) >= 11 is 0. The zero-order valence-corrected chi connectivity index (χ0v) is 10.8. The fourth-order valence-electron chi connectivity index (χ4n) is 2.39. The molecule has 0 aliphatic rings. The molecule has 0 heterocycles. The van der Waals surface area contributed by atoms with Crippen LogP contribution in [0.15, 0.2) is 48.5 Å². The molecule has 0 radical (unpaired) electrons. The van der Waals surface area contributed by atoms with E-state index in [1.807, 2.05) is 37.3 Å². The van der Waals surface area contributed by atoms with Gasteiger partial charge in [0.15, 0.2) is 11.6 Å². The third kappa shape index (κ3) is 2.82. The summed E-state index contributed by atoms with van der Waals surface area (Å²) in [4.78, 5) is 0. The highest BCUT2D eigenvalue weighted by molar-refractivity contribution is 5.29. The summed E-state index contributed by atoms with van der Waals surface area (Å²) in [6.45, 7) is 1.99. The Labute approximate surface area is 112 Å². The number of halogens is 2. The van der Waals surface area contributed by atoms with Crippen molar-refractivity contribution < 1.29 is 8.78 Å². The van der Waals surface area contributed by atoms with E-state index in [2.05, 4.69) is 0 Å². The van der Waals surface area contributed by atoms with Gasteiger partial charge in [-0.25, -0.2) is 8.78 Å². The van der Waals surface area contributed by atoms with E-state index in [1.165, 1.54) is 6.07 Å². The fraction of sp³-hybridized carbons (Fsp3) is 0.250. The maximum atomic E-state index is 13.8. The third-order valence-corrected chi connectivity index (χ3v) is 3.44. The standard InChI is InChI=1S/C16H17F2N/c1-2-12(11-7-4-3-5-8-11)16(19)13-9-6-10-14(17)15(13)18/h3-10,12,16H,2,19H2,1H3. The maximum Gasteiger partial charge on any atom is 0.163 e. The summed E-state index contributed by atoms with van der Waals surface area (Å²) < 4.78 is 27.1. The van der Waals surface area contributed by atoms with Crippen LogP contribution in [0.5, 0.6) is 0 Å². The van der Waals surface area contributed by atoms with Crippen molar-refractivity contribution in [2.24, 2.45) is 5.73 Å². The molecule has 1 nitrogen and oxygen atoms in total. The van der Waals surface area contributed by atoms with Crippen LogP contribution in [0.1, 0.15) is 36.4 Å². The summed E-state index contributed by atoms with van der Waals surface area (Å²) in [5.74, 6) is -1.72. The first-order valence-corrected chi connectivity index (χ1v) is 6.39. The van der Waals surface area contributed by atoms with Crippen LogP contribution in [0, 0.1) is 11.6 Å². The van der Waals surface area contributed by atoms with E-state index in [0.29, 0.717) is 0 Å². The smallest absolute Gasteiger partial charge is 0.163 e. The molecule has 19 heavy (non-hydrogen) atoms. The average Bonchev–Trinajstić information content (AvgIpc) is 2.44. The molecule has 2 unspecified atom stereocenters. The lowest BCUT2D eigenvalue weighted by atomic mass is 9.85. The van der Waals surface area contributed by atoms with Gasteiger partial charge in [0.1, 0.15) is 0 Å². The molecule has 0 bridgehead atoms. The van der Waals surface area contributed by atoms with Crippen LogP contribution in [-0.4, -0.2) is 0 Å². The largest absolute Gasteiger partial charge is 0.323 e. The van der Waals surface area contributed by atoms with Gasteiger partial charge >= 0.3 is 0 Å². The van der Waals surface area contributed by atoms with Gasteiger partial charge in [-0.2, -0.15) is 0 Å². The Morgan fingerprint density at radius 2 is 1.68 bits per heavy atom. The van der Waals surface area contributed by atoms with E-state index in [-0.39, 0.29) is 11.5 Å². The predicted molar refractivity (Wildman–Crippen MR) is 72.8 cm³/mol. The van der Waals surface area contributed by atoms with Gasteiger partial charge in [0.05, 0.1) is 0 Å². The van der Waals surface area contributed by atoms with Crippen molar-refractivity contribution in [3.05, 3.63) is 71.3 Å². The lowest BCUT2D eigenvalue weighted by Crippen LogP contribution is -2.21. The first kappa shape index (κ1) is 13.7. The third-order valence-electron chi connectivity index (χ3n) is 3.44. The van der Waals surface area contributed by atoms with E-state index in [1.54, 1.807) is 6.07 Å². The number of hydrogen-bond donors (Lipinski definition) is 1. The predicted octanol–water partition coefficient (Wildman–Crippen LogP) is 4.16. The minimum absolute atomic E-state index is 0.0301. The Bertz CT molecular complexity index is 540. The van der Waals surface area contributed by atoms with E-state index >= 15 is 0 Å². The molecule has 0 fully saturated rings. The van der Waals surface area contributed by atoms with Crippen LogP contribution in [0.4, 0.5) is 8.78 Å². The molecule has 0 aromatic heterocycles. The molecule has 3 heteroatoms. The Hall–Kier alpha value is -1.74. The molecule has 2 aromatic rings. The summed E-state index contributed by atoms with van der Waals surface area (Å²) in [6.07, 6.45) is 0.765. The van der Waals surface area contributed by atoms with E-state index in [4.69, 9.17) is 5.73 Å². The van der Waals surface area contributed by atoms with Gasteiger partial charge in [0.2, 0.25) is 0 Å². The van der Waals surface area contributed by atoms with Crippen LogP contribution in [0.3, 0.4) is 0 Å². The Balaban J connectivity index is 2.36. The molecule has 0 aliphatic heterocycles. The molecule has 0 saturated carbocycles. The minimum Gasteiger partial charge on any atom is -0.323 e. The van der Waals surface area contributed by atoms with E-state index < -0.39 is 17.7 Å². The highest BCUT2D eigenvalue weighted by Gasteiger charge is 2.23. The monoisotopic (exact) mass is 261 g/mol. The van der Waals surface area contributed by atoms with Crippen molar-refractivity contribution in [2.45, 2.75) is 25.3 Å². The molecule has 2 atom stereocenters. The van der Waals surface area contributed by atoms with E-state index in [9.17, 15) is 8.78 Å². The molecule has 0 saturated heterocycles. The first-order valence-electron chi connectivity index (χ1n) is 6.39. The van der Waals surface area contributed by atoms with E-state index in [0.717, 1.165) is 18.1 Å². The molecule has 2 aromatic carbocycles.